The van der Waals surface area contributed by atoms with E-state index in [2.05, 4.69) is 4.98 Å². The molecule has 0 N–H and O–H groups in total. The van der Waals surface area contributed by atoms with Gasteiger partial charge in [-0.3, -0.25) is 19.9 Å². The first-order valence-electron chi connectivity index (χ1n) is 9.93. The van der Waals surface area contributed by atoms with E-state index in [0.717, 1.165) is 5.56 Å². The van der Waals surface area contributed by atoms with Crippen molar-refractivity contribution < 1.29 is 18.9 Å². The zero-order valence-electron chi connectivity index (χ0n) is 16.8. The lowest BCUT2D eigenvalue weighted by Crippen LogP contribution is -2.36. The van der Waals surface area contributed by atoms with Gasteiger partial charge in [-0.2, -0.15) is 0 Å². The van der Waals surface area contributed by atoms with Gasteiger partial charge in [0.2, 0.25) is 0 Å². The fourth-order valence-corrected chi connectivity index (χ4v) is 3.56. The third-order valence-electron chi connectivity index (χ3n) is 5.08. The zero-order chi connectivity index (χ0) is 21.6. The van der Waals surface area contributed by atoms with Crippen LogP contribution in [0.25, 0.3) is 0 Å². The van der Waals surface area contributed by atoms with E-state index in [1.54, 1.807) is 53.9 Å². The number of rotatable bonds is 7. The van der Waals surface area contributed by atoms with Gasteiger partial charge in [-0.15, -0.1) is 0 Å². The number of pyridine rings is 1. The number of hydrogen-bond donors (Lipinski definition) is 0. The summed E-state index contributed by atoms with van der Waals surface area (Å²) in [4.78, 5) is 32.3. The molecule has 31 heavy (non-hydrogen) atoms. The van der Waals surface area contributed by atoms with Crippen LogP contribution in [0.3, 0.4) is 0 Å². The molecule has 9 nitrogen and oxygen atoms in total. The normalized spacial score (nSPS) is 13.7. The second-order valence-electron chi connectivity index (χ2n) is 7.16. The van der Waals surface area contributed by atoms with Gasteiger partial charge in [0, 0.05) is 43.7 Å². The Balaban J connectivity index is 1.63. The number of carbonyl (C=O) groups excluding carboxylic acids is 1. The van der Waals surface area contributed by atoms with Crippen LogP contribution in [0.15, 0.2) is 65.5 Å². The fourth-order valence-electron chi connectivity index (χ4n) is 3.56. The number of nitrogens with zero attached hydrogens (tertiary/aromatic N) is 4. The lowest BCUT2D eigenvalue weighted by Gasteiger charge is -2.28. The van der Waals surface area contributed by atoms with Crippen LogP contribution in [0, 0.1) is 10.1 Å². The maximum Gasteiger partial charge on any atom is 0.293 e. The number of anilines is 1. The number of hydrogen-bond acceptors (Lipinski definition) is 7. The first-order valence-corrected chi connectivity index (χ1v) is 9.93. The number of morpholine rings is 1. The van der Waals surface area contributed by atoms with Crippen molar-refractivity contribution in [3.05, 3.63) is 88.1 Å². The fraction of sp³-hybridized carbons (Fsp3) is 0.273. The van der Waals surface area contributed by atoms with Crippen LogP contribution < -0.4 is 4.90 Å². The smallest absolute Gasteiger partial charge is 0.293 e. The van der Waals surface area contributed by atoms with E-state index in [-0.39, 0.29) is 23.7 Å². The standard InChI is InChI=1S/C22H22N4O5/c27-22(25(16-19-4-2-10-31-19)15-17-3-1-7-23-14-17)18-5-6-20(21(13-18)26(28)29)24-8-11-30-12-9-24/h1-7,10,13-14H,8-9,11-12,15-16H2. The van der Waals surface area contributed by atoms with Gasteiger partial charge < -0.3 is 19.0 Å². The molecule has 160 valence electrons. The number of benzene rings is 1. The molecule has 3 heterocycles. The van der Waals surface area contributed by atoms with E-state index in [0.29, 0.717) is 44.3 Å². The summed E-state index contributed by atoms with van der Waals surface area (Å²) in [6, 6.07) is 11.8. The van der Waals surface area contributed by atoms with Crippen molar-refractivity contribution in [1.29, 1.82) is 0 Å². The van der Waals surface area contributed by atoms with Gasteiger partial charge in [-0.25, -0.2) is 0 Å². The van der Waals surface area contributed by atoms with E-state index in [4.69, 9.17) is 9.15 Å². The molecule has 3 aromatic rings. The van der Waals surface area contributed by atoms with Gasteiger partial charge in [0.15, 0.2) is 0 Å². The van der Waals surface area contributed by atoms with Gasteiger partial charge in [0.05, 0.1) is 30.9 Å². The molecule has 1 fully saturated rings. The number of nitro benzene ring substituents is 1. The highest BCUT2D eigenvalue weighted by molar-refractivity contribution is 5.95. The van der Waals surface area contributed by atoms with Gasteiger partial charge in [0.1, 0.15) is 11.4 Å². The second-order valence-corrected chi connectivity index (χ2v) is 7.16. The van der Waals surface area contributed by atoms with Gasteiger partial charge in [0.25, 0.3) is 11.6 Å². The minimum absolute atomic E-state index is 0.0907. The summed E-state index contributed by atoms with van der Waals surface area (Å²) in [5.41, 5.74) is 1.50. The quantitative estimate of drug-likeness (QED) is 0.425. The summed E-state index contributed by atoms with van der Waals surface area (Å²) >= 11 is 0. The van der Waals surface area contributed by atoms with Crippen LogP contribution in [0.1, 0.15) is 21.7 Å². The highest BCUT2D eigenvalue weighted by Crippen LogP contribution is 2.30. The van der Waals surface area contributed by atoms with E-state index >= 15 is 0 Å². The summed E-state index contributed by atoms with van der Waals surface area (Å²) in [6.45, 7) is 2.70. The van der Waals surface area contributed by atoms with E-state index in [1.807, 2.05) is 11.0 Å². The number of amides is 1. The van der Waals surface area contributed by atoms with Crippen molar-refractivity contribution in [2.45, 2.75) is 13.1 Å². The van der Waals surface area contributed by atoms with Crippen LogP contribution in [-0.4, -0.2) is 47.0 Å². The highest BCUT2D eigenvalue weighted by atomic mass is 16.6. The Hall–Kier alpha value is -3.72. The van der Waals surface area contributed by atoms with Crippen LogP contribution in [0.4, 0.5) is 11.4 Å². The Morgan fingerprint density at radius 3 is 2.68 bits per heavy atom. The zero-order valence-corrected chi connectivity index (χ0v) is 16.8. The summed E-state index contributed by atoms with van der Waals surface area (Å²) < 4.78 is 10.7. The molecule has 1 aliphatic rings. The first-order chi connectivity index (χ1) is 15.1. The minimum atomic E-state index is -0.445. The summed E-state index contributed by atoms with van der Waals surface area (Å²) in [6.07, 6.45) is 4.90. The molecule has 2 aromatic heterocycles. The van der Waals surface area contributed by atoms with E-state index < -0.39 is 4.92 Å². The maximum atomic E-state index is 13.3. The number of nitro groups is 1. The number of ether oxygens (including phenoxy) is 1. The van der Waals surface area contributed by atoms with Gasteiger partial charge in [-0.1, -0.05) is 6.07 Å². The molecule has 1 aromatic carbocycles. The average molecular weight is 422 g/mol. The predicted octanol–water partition coefficient (Wildman–Crippen LogP) is 3.26. The third kappa shape index (κ3) is 4.89. The summed E-state index contributed by atoms with van der Waals surface area (Å²) in [7, 11) is 0. The number of aromatic nitrogens is 1. The second kappa shape index (κ2) is 9.40. The minimum Gasteiger partial charge on any atom is -0.467 e. The monoisotopic (exact) mass is 422 g/mol. The molecule has 0 aliphatic carbocycles. The molecule has 0 spiro atoms. The number of furan rings is 1. The molecule has 1 saturated heterocycles. The largest absolute Gasteiger partial charge is 0.467 e. The Labute approximate surface area is 179 Å². The van der Waals surface area contributed by atoms with Gasteiger partial charge >= 0.3 is 0 Å². The topological polar surface area (TPSA) is 102 Å². The molecule has 0 bridgehead atoms. The Kier molecular flexibility index (Phi) is 6.23. The number of carbonyl (C=O) groups is 1. The molecule has 4 rings (SSSR count). The molecule has 0 atom stereocenters. The Morgan fingerprint density at radius 1 is 1.16 bits per heavy atom. The molecular weight excluding hydrogens is 400 g/mol. The van der Waals surface area contributed by atoms with Crippen LogP contribution in [0.5, 0.6) is 0 Å². The van der Waals surface area contributed by atoms with Gasteiger partial charge in [-0.05, 0) is 35.9 Å². The van der Waals surface area contributed by atoms with Crippen LogP contribution in [0.2, 0.25) is 0 Å². The molecular formula is C22H22N4O5. The predicted molar refractivity (Wildman–Crippen MR) is 113 cm³/mol. The molecule has 1 amide bonds. The van der Waals surface area contributed by atoms with Crippen molar-refractivity contribution in [3.63, 3.8) is 0 Å². The van der Waals surface area contributed by atoms with Crippen molar-refractivity contribution >= 4 is 17.3 Å². The molecule has 0 unspecified atom stereocenters. The Bertz CT molecular complexity index is 1030. The van der Waals surface area contributed by atoms with Crippen molar-refractivity contribution in [2.24, 2.45) is 0 Å². The lowest BCUT2D eigenvalue weighted by atomic mass is 10.1. The van der Waals surface area contributed by atoms with E-state index in [9.17, 15) is 14.9 Å². The van der Waals surface area contributed by atoms with Crippen molar-refractivity contribution in [2.75, 3.05) is 31.2 Å². The highest BCUT2D eigenvalue weighted by Gasteiger charge is 2.25. The molecule has 0 saturated carbocycles. The van der Waals surface area contributed by atoms with Crippen LogP contribution in [-0.2, 0) is 17.8 Å². The van der Waals surface area contributed by atoms with Crippen molar-refractivity contribution in [1.82, 2.24) is 9.88 Å². The molecule has 1 aliphatic heterocycles. The van der Waals surface area contributed by atoms with Crippen molar-refractivity contribution in [3.8, 4) is 0 Å². The molecule has 9 heteroatoms. The Morgan fingerprint density at radius 2 is 2.00 bits per heavy atom. The average Bonchev–Trinajstić information content (AvgIpc) is 3.32. The van der Waals surface area contributed by atoms with Crippen LogP contribution >= 0.6 is 0 Å². The maximum absolute atomic E-state index is 13.3. The van der Waals surface area contributed by atoms with E-state index in [1.165, 1.54) is 6.07 Å². The SMILES string of the molecule is O=C(c1ccc(N2CCOCC2)c([N+](=O)[O-])c1)N(Cc1cccnc1)Cc1ccco1. The molecule has 0 radical (unpaired) electrons. The summed E-state index contributed by atoms with van der Waals surface area (Å²) in [5, 5.41) is 11.8. The summed E-state index contributed by atoms with van der Waals surface area (Å²) in [5.74, 6) is 0.300. The first kappa shape index (κ1) is 20.5. The third-order valence-corrected chi connectivity index (χ3v) is 5.08. The lowest BCUT2D eigenvalue weighted by molar-refractivity contribution is -0.384.